The van der Waals surface area contributed by atoms with Gasteiger partial charge in [0, 0.05) is 0 Å². The zero-order valence-electron chi connectivity index (χ0n) is 16.8. The number of nitrogens with zero attached hydrogens (tertiary/aromatic N) is 1. The summed E-state index contributed by atoms with van der Waals surface area (Å²) in [7, 11) is 0. The molecule has 0 fully saturated rings. The normalized spacial score (nSPS) is 10.8. The molecule has 2 aromatic carbocycles. The number of hydrogen-bond acceptors (Lipinski definition) is 4. The van der Waals surface area contributed by atoms with Crippen LogP contribution in [0.3, 0.4) is 0 Å². The third-order valence-corrected chi connectivity index (χ3v) is 4.16. The van der Waals surface area contributed by atoms with E-state index in [1.807, 2.05) is 48.5 Å². The SMILES string of the molecule is CCCCOc1ccc(C=NNC(=O)COc2ccc(CCCC)cc2)cc1. The van der Waals surface area contributed by atoms with Gasteiger partial charge in [-0.1, -0.05) is 38.8 Å². The monoisotopic (exact) mass is 382 g/mol. The molecule has 0 atom stereocenters. The van der Waals surface area contributed by atoms with E-state index in [0.29, 0.717) is 5.75 Å². The molecule has 0 aliphatic heterocycles. The predicted octanol–water partition coefficient (Wildman–Crippen LogP) is 4.74. The van der Waals surface area contributed by atoms with Crippen LogP contribution >= 0.6 is 0 Å². The zero-order valence-corrected chi connectivity index (χ0v) is 16.8. The van der Waals surface area contributed by atoms with Crippen molar-refractivity contribution >= 4 is 12.1 Å². The lowest BCUT2D eigenvalue weighted by atomic mass is 10.1. The highest BCUT2D eigenvalue weighted by atomic mass is 16.5. The number of ether oxygens (including phenoxy) is 2. The minimum absolute atomic E-state index is 0.0736. The minimum Gasteiger partial charge on any atom is -0.494 e. The summed E-state index contributed by atoms with van der Waals surface area (Å²) in [5.74, 6) is 1.22. The smallest absolute Gasteiger partial charge is 0.277 e. The molecule has 0 aromatic heterocycles. The van der Waals surface area contributed by atoms with Gasteiger partial charge < -0.3 is 9.47 Å². The van der Waals surface area contributed by atoms with Crippen LogP contribution in [-0.4, -0.2) is 25.3 Å². The summed E-state index contributed by atoms with van der Waals surface area (Å²) >= 11 is 0. The van der Waals surface area contributed by atoms with Crippen LogP contribution < -0.4 is 14.9 Å². The highest BCUT2D eigenvalue weighted by molar-refractivity contribution is 5.83. The Kier molecular flexibility index (Phi) is 9.62. The van der Waals surface area contributed by atoms with Gasteiger partial charge >= 0.3 is 0 Å². The van der Waals surface area contributed by atoms with Crippen LogP contribution in [0.15, 0.2) is 53.6 Å². The number of hydrogen-bond donors (Lipinski definition) is 1. The molecule has 0 saturated carbocycles. The van der Waals surface area contributed by atoms with Gasteiger partial charge in [0.15, 0.2) is 6.61 Å². The molecule has 1 amide bonds. The topological polar surface area (TPSA) is 59.9 Å². The number of carbonyl (C=O) groups excluding carboxylic acids is 1. The first-order chi connectivity index (χ1) is 13.7. The number of unbranched alkanes of at least 4 members (excludes halogenated alkanes) is 2. The molecule has 0 radical (unpaired) electrons. The number of amides is 1. The van der Waals surface area contributed by atoms with Gasteiger partial charge in [-0.2, -0.15) is 5.10 Å². The summed E-state index contributed by atoms with van der Waals surface area (Å²) in [5.41, 5.74) is 4.64. The Labute approximate surface area is 167 Å². The predicted molar refractivity (Wildman–Crippen MR) is 113 cm³/mol. The van der Waals surface area contributed by atoms with Crippen molar-refractivity contribution in [1.29, 1.82) is 0 Å². The van der Waals surface area contributed by atoms with Crippen LogP contribution in [0, 0.1) is 0 Å². The summed E-state index contributed by atoms with van der Waals surface area (Å²) in [6.45, 7) is 4.96. The lowest BCUT2D eigenvalue weighted by Gasteiger charge is -2.06. The Bertz CT molecular complexity index is 725. The largest absolute Gasteiger partial charge is 0.494 e. The molecule has 150 valence electrons. The average Bonchev–Trinajstić information content (AvgIpc) is 2.73. The van der Waals surface area contributed by atoms with E-state index in [9.17, 15) is 4.79 Å². The van der Waals surface area contributed by atoms with Gasteiger partial charge in [-0.25, -0.2) is 5.43 Å². The Morgan fingerprint density at radius 2 is 1.57 bits per heavy atom. The molecule has 0 spiro atoms. The van der Waals surface area contributed by atoms with Gasteiger partial charge in [-0.05, 0) is 66.8 Å². The van der Waals surface area contributed by atoms with Crippen LogP contribution in [0.4, 0.5) is 0 Å². The first-order valence-corrected chi connectivity index (χ1v) is 9.97. The summed E-state index contributed by atoms with van der Waals surface area (Å²) < 4.78 is 11.1. The third-order valence-electron chi connectivity index (χ3n) is 4.16. The van der Waals surface area contributed by atoms with Crippen molar-refractivity contribution < 1.29 is 14.3 Å². The quantitative estimate of drug-likeness (QED) is 0.328. The molecule has 0 unspecified atom stereocenters. The molecule has 2 aromatic rings. The fourth-order valence-corrected chi connectivity index (χ4v) is 2.48. The maximum Gasteiger partial charge on any atom is 0.277 e. The lowest BCUT2D eigenvalue weighted by Crippen LogP contribution is -2.24. The molecule has 0 aliphatic carbocycles. The lowest BCUT2D eigenvalue weighted by molar-refractivity contribution is -0.123. The van der Waals surface area contributed by atoms with E-state index < -0.39 is 0 Å². The molecule has 5 nitrogen and oxygen atoms in total. The number of benzene rings is 2. The minimum atomic E-state index is -0.300. The number of rotatable bonds is 12. The fraction of sp³-hybridized carbons (Fsp3) is 0.391. The zero-order chi connectivity index (χ0) is 20.0. The molecule has 5 heteroatoms. The molecule has 0 aliphatic rings. The van der Waals surface area contributed by atoms with E-state index in [0.717, 1.165) is 37.2 Å². The fourth-order valence-electron chi connectivity index (χ4n) is 2.48. The maximum absolute atomic E-state index is 11.8. The third kappa shape index (κ3) is 8.25. The first-order valence-electron chi connectivity index (χ1n) is 9.97. The van der Waals surface area contributed by atoms with Crippen molar-refractivity contribution in [2.75, 3.05) is 13.2 Å². The highest BCUT2D eigenvalue weighted by Crippen LogP contribution is 2.14. The van der Waals surface area contributed by atoms with Crippen molar-refractivity contribution in [2.24, 2.45) is 5.10 Å². The van der Waals surface area contributed by atoms with Gasteiger partial charge in [-0.3, -0.25) is 4.79 Å². The molecule has 0 bridgehead atoms. The van der Waals surface area contributed by atoms with Gasteiger partial charge in [0.2, 0.25) is 0 Å². The van der Waals surface area contributed by atoms with E-state index >= 15 is 0 Å². The van der Waals surface area contributed by atoms with E-state index in [2.05, 4.69) is 24.4 Å². The van der Waals surface area contributed by atoms with Crippen molar-refractivity contribution in [3.8, 4) is 11.5 Å². The Morgan fingerprint density at radius 3 is 2.25 bits per heavy atom. The molecule has 1 N–H and O–H groups in total. The van der Waals surface area contributed by atoms with E-state index in [-0.39, 0.29) is 12.5 Å². The van der Waals surface area contributed by atoms with Crippen molar-refractivity contribution in [3.05, 3.63) is 59.7 Å². The first kappa shape index (κ1) is 21.5. The Morgan fingerprint density at radius 1 is 0.929 bits per heavy atom. The number of nitrogens with one attached hydrogen (secondary N) is 1. The molecule has 0 heterocycles. The van der Waals surface area contributed by atoms with Crippen LogP contribution in [0.25, 0.3) is 0 Å². The molecular weight excluding hydrogens is 352 g/mol. The number of carbonyl (C=O) groups is 1. The highest BCUT2D eigenvalue weighted by Gasteiger charge is 2.02. The van der Waals surface area contributed by atoms with E-state index in [1.165, 1.54) is 18.4 Å². The van der Waals surface area contributed by atoms with Gasteiger partial charge in [0.25, 0.3) is 5.91 Å². The second kappa shape index (κ2) is 12.5. The molecule has 0 saturated heterocycles. The summed E-state index contributed by atoms with van der Waals surface area (Å²) in [6, 6.07) is 15.4. The molecule has 2 rings (SSSR count). The average molecular weight is 383 g/mol. The van der Waals surface area contributed by atoms with Crippen LogP contribution in [0.1, 0.15) is 50.7 Å². The number of aryl methyl sites for hydroxylation is 1. The van der Waals surface area contributed by atoms with Crippen LogP contribution in [0.2, 0.25) is 0 Å². The molecular formula is C23H30N2O3. The van der Waals surface area contributed by atoms with Crippen LogP contribution in [-0.2, 0) is 11.2 Å². The number of hydrazone groups is 1. The second-order valence-corrected chi connectivity index (χ2v) is 6.60. The van der Waals surface area contributed by atoms with E-state index in [1.54, 1.807) is 6.21 Å². The Hall–Kier alpha value is -2.82. The van der Waals surface area contributed by atoms with Crippen molar-refractivity contribution in [3.63, 3.8) is 0 Å². The van der Waals surface area contributed by atoms with E-state index in [4.69, 9.17) is 9.47 Å². The standard InChI is InChI=1S/C23H30N2O3/c1-3-5-7-19-8-12-22(13-9-19)28-18-23(26)25-24-17-20-10-14-21(15-11-20)27-16-6-4-2/h8-15,17H,3-7,16,18H2,1-2H3,(H,25,26). The van der Waals surface area contributed by atoms with Gasteiger partial charge in [-0.15, -0.1) is 0 Å². The van der Waals surface area contributed by atoms with Gasteiger partial charge in [0.05, 0.1) is 12.8 Å². The van der Waals surface area contributed by atoms with Crippen molar-refractivity contribution in [1.82, 2.24) is 5.43 Å². The summed E-state index contributed by atoms with van der Waals surface area (Å²) in [5, 5.41) is 3.96. The second-order valence-electron chi connectivity index (χ2n) is 6.60. The van der Waals surface area contributed by atoms with Crippen molar-refractivity contribution in [2.45, 2.75) is 46.0 Å². The summed E-state index contributed by atoms with van der Waals surface area (Å²) in [6.07, 6.45) is 7.16. The summed E-state index contributed by atoms with van der Waals surface area (Å²) in [4.78, 5) is 11.8. The maximum atomic E-state index is 11.8. The van der Waals surface area contributed by atoms with Crippen LogP contribution in [0.5, 0.6) is 11.5 Å². The Balaban J connectivity index is 1.70. The molecule has 28 heavy (non-hydrogen) atoms. The van der Waals surface area contributed by atoms with Gasteiger partial charge in [0.1, 0.15) is 11.5 Å².